The average Bonchev–Trinajstić information content (AvgIpc) is 1.91. The van der Waals surface area contributed by atoms with Crippen LogP contribution in [0.5, 0.6) is 5.75 Å². The van der Waals surface area contributed by atoms with Crippen molar-refractivity contribution in [3.05, 3.63) is 18.7 Å². The maximum absolute atomic E-state index is 9.57. The topological polar surface area (TPSA) is 52.1 Å². The van der Waals surface area contributed by atoms with Gasteiger partial charge in [0.25, 0.3) is 0 Å². The van der Waals surface area contributed by atoms with Crippen molar-refractivity contribution >= 4 is 6.47 Å². The summed E-state index contributed by atoms with van der Waals surface area (Å²) in [6.07, 6.45) is 4.09. The lowest BCUT2D eigenvalue weighted by Gasteiger charge is -1.89. The van der Waals surface area contributed by atoms with E-state index in [4.69, 9.17) is 0 Å². The molecule has 1 aromatic heterocycles. The van der Waals surface area contributed by atoms with Gasteiger partial charge >= 0.3 is 6.47 Å². The van der Waals surface area contributed by atoms with Crippen molar-refractivity contribution in [2.75, 3.05) is 0 Å². The second-order valence-electron chi connectivity index (χ2n) is 1.26. The molecule has 45 valence electrons. The van der Waals surface area contributed by atoms with Gasteiger partial charge in [-0.25, -0.2) is 14.8 Å². The fourth-order valence-electron chi connectivity index (χ4n) is 0.386. The van der Waals surface area contributed by atoms with Crippen LogP contribution in [-0.4, -0.2) is 16.4 Å². The van der Waals surface area contributed by atoms with E-state index in [-0.39, 0.29) is 0 Å². The molecule has 0 spiro atoms. The lowest BCUT2D eigenvalue weighted by atomic mass is 10.6. The minimum absolute atomic E-state index is 0.299. The highest BCUT2D eigenvalue weighted by Gasteiger charge is 1.88. The predicted octanol–water partition coefficient (Wildman–Crippen LogP) is -0.0774. The Labute approximate surface area is 51.5 Å². The first-order valence-corrected chi connectivity index (χ1v) is 2.22. The molecule has 4 heteroatoms. The summed E-state index contributed by atoms with van der Waals surface area (Å²) in [5.41, 5.74) is 0. The van der Waals surface area contributed by atoms with Crippen LogP contribution in [-0.2, 0) is 4.79 Å². The van der Waals surface area contributed by atoms with E-state index in [2.05, 4.69) is 14.7 Å². The van der Waals surface area contributed by atoms with E-state index in [0.29, 0.717) is 5.75 Å². The summed E-state index contributed by atoms with van der Waals surface area (Å²) in [7, 11) is 0. The molecule has 0 atom stereocenters. The molecule has 0 bridgehead atoms. The van der Waals surface area contributed by atoms with Crippen molar-refractivity contribution in [2.45, 2.75) is 0 Å². The van der Waals surface area contributed by atoms with Crippen LogP contribution in [0.3, 0.4) is 0 Å². The van der Waals surface area contributed by atoms with E-state index in [1.54, 1.807) is 0 Å². The Morgan fingerprint density at radius 1 is 1.44 bits per heavy atom. The van der Waals surface area contributed by atoms with Crippen LogP contribution in [0.1, 0.15) is 0 Å². The highest BCUT2D eigenvalue weighted by molar-refractivity contribution is 5.44. The van der Waals surface area contributed by atoms with Crippen molar-refractivity contribution in [3.8, 4) is 5.75 Å². The molecular formula is C5H3N2O2. The Morgan fingerprint density at radius 2 is 2.11 bits per heavy atom. The van der Waals surface area contributed by atoms with Gasteiger partial charge in [-0.3, -0.25) is 0 Å². The van der Waals surface area contributed by atoms with Gasteiger partial charge in [-0.15, -0.1) is 0 Å². The zero-order valence-corrected chi connectivity index (χ0v) is 4.44. The maximum atomic E-state index is 9.57. The first kappa shape index (κ1) is 5.68. The fourth-order valence-corrected chi connectivity index (χ4v) is 0.386. The molecule has 4 nitrogen and oxygen atoms in total. The van der Waals surface area contributed by atoms with E-state index < -0.39 is 0 Å². The Kier molecular flexibility index (Phi) is 1.74. The smallest absolute Gasteiger partial charge is 0.415 e. The third kappa shape index (κ3) is 1.49. The van der Waals surface area contributed by atoms with Crippen LogP contribution in [0.2, 0.25) is 0 Å². The lowest BCUT2D eigenvalue weighted by molar-refractivity contribution is 0.440. The number of hydrogen-bond donors (Lipinski definition) is 0. The van der Waals surface area contributed by atoms with Crippen molar-refractivity contribution in [2.24, 2.45) is 0 Å². The third-order valence-electron chi connectivity index (χ3n) is 0.696. The Bertz CT molecular complexity index is 187. The lowest BCUT2D eigenvalue weighted by Crippen LogP contribution is -1.88. The molecule has 1 aromatic rings. The summed E-state index contributed by atoms with van der Waals surface area (Å²) in [5, 5.41) is 0. The van der Waals surface area contributed by atoms with E-state index >= 15 is 0 Å². The summed E-state index contributed by atoms with van der Waals surface area (Å²) >= 11 is 0. The van der Waals surface area contributed by atoms with Gasteiger partial charge in [-0.2, -0.15) is 0 Å². The molecule has 0 saturated heterocycles. The predicted molar refractivity (Wildman–Crippen MR) is 28.4 cm³/mol. The molecule has 0 unspecified atom stereocenters. The van der Waals surface area contributed by atoms with Gasteiger partial charge < -0.3 is 4.74 Å². The Morgan fingerprint density at radius 3 is 2.67 bits per heavy atom. The van der Waals surface area contributed by atoms with E-state index in [1.165, 1.54) is 25.2 Å². The van der Waals surface area contributed by atoms with Crippen LogP contribution in [0.4, 0.5) is 0 Å². The number of aromatic nitrogens is 2. The first-order chi connectivity index (χ1) is 4.43. The van der Waals surface area contributed by atoms with E-state index in [1.807, 2.05) is 0 Å². The van der Waals surface area contributed by atoms with Crippen LogP contribution in [0, 0.1) is 0 Å². The van der Waals surface area contributed by atoms with Crippen LogP contribution in [0.25, 0.3) is 0 Å². The van der Waals surface area contributed by atoms with Crippen molar-refractivity contribution in [1.29, 1.82) is 0 Å². The molecule has 0 aliphatic carbocycles. The first-order valence-electron chi connectivity index (χ1n) is 2.22. The highest BCUT2D eigenvalue weighted by atomic mass is 16.5. The van der Waals surface area contributed by atoms with E-state index in [9.17, 15) is 4.79 Å². The monoisotopic (exact) mass is 123 g/mol. The van der Waals surface area contributed by atoms with Gasteiger partial charge in [-0.05, 0) is 0 Å². The fraction of sp³-hybridized carbons (Fsp3) is 0. The molecule has 1 heterocycles. The third-order valence-corrected chi connectivity index (χ3v) is 0.696. The van der Waals surface area contributed by atoms with Crippen LogP contribution in [0.15, 0.2) is 18.7 Å². The minimum atomic E-state index is 0.299. The van der Waals surface area contributed by atoms with Crippen molar-refractivity contribution in [3.63, 3.8) is 0 Å². The summed E-state index contributed by atoms with van der Waals surface area (Å²) in [6.45, 7) is 1.25. The number of ether oxygens (including phenoxy) is 1. The quantitative estimate of drug-likeness (QED) is 0.552. The van der Waals surface area contributed by atoms with E-state index in [0.717, 1.165) is 0 Å². The van der Waals surface area contributed by atoms with Crippen molar-refractivity contribution in [1.82, 2.24) is 9.97 Å². The number of carbonyl (C=O) groups excluding carboxylic acids is 1. The normalized spacial score (nSPS) is 8.44. The maximum Gasteiger partial charge on any atom is 0.423 e. The molecule has 9 heavy (non-hydrogen) atoms. The van der Waals surface area contributed by atoms with Crippen LogP contribution >= 0.6 is 0 Å². The highest BCUT2D eigenvalue weighted by Crippen LogP contribution is 2.00. The van der Waals surface area contributed by atoms with Crippen LogP contribution < -0.4 is 4.74 Å². The van der Waals surface area contributed by atoms with Gasteiger partial charge in [0.05, 0.1) is 12.4 Å². The molecule has 0 fully saturated rings. The van der Waals surface area contributed by atoms with Gasteiger partial charge in [0.2, 0.25) is 0 Å². The summed E-state index contributed by atoms with van der Waals surface area (Å²) in [6, 6.07) is 0. The summed E-state index contributed by atoms with van der Waals surface area (Å²) in [5.74, 6) is 0.299. The molecule has 0 saturated carbocycles. The molecule has 1 radical (unpaired) electrons. The largest absolute Gasteiger partial charge is 0.423 e. The van der Waals surface area contributed by atoms with Gasteiger partial charge in [0.1, 0.15) is 6.33 Å². The zero-order valence-electron chi connectivity index (χ0n) is 4.44. The molecule has 0 aliphatic heterocycles. The second-order valence-corrected chi connectivity index (χ2v) is 1.26. The second kappa shape index (κ2) is 2.76. The average molecular weight is 123 g/mol. The summed E-state index contributed by atoms with van der Waals surface area (Å²) in [4.78, 5) is 16.7. The Hall–Kier alpha value is -1.45. The number of nitrogens with zero attached hydrogens (tertiary/aromatic N) is 2. The molecule has 1 rings (SSSR count). The number of rotatable bonds is 2. The Balaban J connectivity index is 2.72. The van der Waals surface area contributed by atoms with Gasteiger partial charge in [-0.1, -0.05) is 0 Å². The zero-order chi connectivity index (χ0) is 6.53. The minimum Gasteiger partial charge on any atom is -0.415 e. The molecule has 0 aliphatic rings. The van der Waals surface area contributed by atoms with Gasteiger partial charge in [0.15, 0.2) is 5.75 Å². The number of hydrogen-bond acceptors (Lipinski definition) is 4. The van der Waals surface area contributed by atoms with Crippen molar-refractivity contribution < 1.29 is 9.53 Å². The summed E-state index contributed by atoms with van der Waals surface area (Å²) < 4.78 is 4.28. The molecule has 0 aromatic carbocycles. The molecule has 0 amide bonds. The van der Waals surface area contributed by atoms with Gasteiger partial charge in [0, 0.05) is 0 Å². The standard InChI is InChI=1S/C5H3N2O2/c8-4-9-5-1-6-3-7-2-5/h1-3H. The molecule has 0 N–H and O–H groups in total. The SMILES string of the molecule is O=[C]Oc1cncnc1. The molecular weight excluding hydrogens is 120 g/mol.